The number of amides is 2. The van der Waals surface area contributed by atoms with E-state index in [2.05, 4.69) is 10.4 Å². The molecule has 0 aromatic carbocycles. The first-order chi connectivity index (χ1) is 12.2. The lowest BCUT2D eigenvalue weighted by atomic mass is 10.1. The zero-order chi connectivity index (χ0) is 18.9. The molecule has 0 radical (unpaired) electrons. The molecule has 1 N–H and O–H groups in total. The summed E-state index contributed by atoms with van der Waals surface area (Å²) < 4.78 is 7.14. The number of rotatable bonds is 3. The number of aryl methyl sites for hydroxylation is 1. The van der Waals surface area contributed by atoms with E-state index < -0.39 is 5.60 Å². The number of nitrogens with one attached hydrogen (secondary N) is 1. The normalized spacial score (nSPS) is 14.1. The number of fused-ring (bicyclic) bond motifs is 1. The highest BCUT2D eigenvalue weighted by molar-refractivity contribution is 7.10. The fraction of sp³-hybridized carbons (Fsp3) is 0.500. The molecule has 2 amide bonds. The highest BCUT2D eigenvalue weighted by atomic mass is 32.1. The topological polar surface area (TPSA) is 76.5 Å². The van der Waals surface area contributed by atoms with Crippen LogP contribution in [-0.4, -0.2) is 38.8 Å². The summed E-state index contributed by atoms with van der Waals surface area (Å²) in [4.78, 5) is 27.4. The van der Waals surface area contributed by atoms with Crippen LogP contribution in [0, 0.1) is 0 Å². The number of carbonyl (C=O) groups excluding carboxylic acids is 2. The van der Waals surface area contributed by atoms with Crippen molar-refractivity contribution in [2.75, 3.05) is 11.9 Å². The standard InChI is InChI=1S/C18H24N4O3S/c1-18(2,3)25-17(24)22-8-7-14-13(11-22)16(21(4)20-14)19-15(23)10-12-6-5-9-26-12/h5-6,9H,7-8,10-11H2,1-4H3,(H,19,23). The molecule has 2 aromatic heterocycles. The number of carbonyl (C=O) groups is 2. The van der Waals surface area contributed by atoms with Gasteiger partial charge in [-0.15, -0.1) is 11.3 Å². The van der Waals surface area contributed by atoms with Gasteiger partial charge in [0.1, 0.15) is 11.4 Å². The Kier molecular flexibility index (Phi) is 5.04. The summed E-state index contributed by atoms with van der Waals surface area (Å²) >= 11 is 1.55. The third-order valence-electron chi connectivity index (χ3n) is 4.02. The molecule has 8 heteroatoms. The number of hydrogen-bond donors (Lipinski definition) is 1. The zero-order valence-corrected chi connectivity index (χ0v) is 16.4. The summed E-state index contributed by atoms with van der Waals surface area (Å²) in [6, 6.07) is 3.87. The van der Waals surface area contributed by atoms with Gasteiger partial charge in [0.15, 0.2) is 0 Å². The van der Waals surface area contributed by atoms with Gasteiger partial charge in [0.25, 0.3) is 0 Å². The molecule has 1 aliphatic rings. The molecule has 0 aliphatic carbocycles. The predicted octanol–water partition coefficient (Wildman–Crippen LogP) is 2.96. The number of anilines is 1. The SMILES string of the molecule is Cn1nc2c(c1NC(=O)Cc1cccs1)CN(C(=O)OC(C)(C)C)CC2. The number of thiophene rings is 1. The van der Waals surface area contributed by atoms with E-state index in [9.17, 15) is 9.59 Å². The van der Waals surface area contributed by atoms with Crippen molar-refractivity contribution in [3.8, 4) is 0 Å². The number of ether oxygens (including phenoxy) is 1. The van der Waals surface area contributed by atoms with Crippen LogP contribution in [0.5, 0.6) is 0 Å². The number of hydrogen-bond acceptors (Lipinski definition) is 5. The quantitative estimate of drug-likeness (QED) is 0.893. The summed E-state index contributed by atoms with van der Waals surface area (Å²) in [5.41, 5.74) is 1.26. The maximum Gasteiger partial charge on any atom is 0.410 e. The Labute approximate surface area is 156 Å². The largest absolute Gasteiger partial charge is 0.444 e. The molecule has 3 rings (SSSR count). The van der Waals surface area contributed by atoms with Gasteiger partial charge in [0.05, 0.1) is 18.7 Å². The summed E-state index contributed by atoms with van der Waals surface area (Å²) in [7, 11) is 1.80. The molecular weight excluding hydrogens is 352 g/mol. The molecule has 0 unspecified atom stereocenters. The minimum atomic E-state index is -0.538. The molecule has 0 atom stereocenters. The Morgan fingerprint density at radius 2 is 2.15 bits per heavy atom. The Morgan fingerprint density at radius 3 is 2.81 bits per heavy atom. The first-order valence-corrected chi connectivity index (χ1v) is 9.46. The Hall–Kier alpha value is -2.35. The molecule has 1 aliphatic heterocycles. The average molecular weight is 376 g/mol. The summed E-state index contributed by atoms with van der Waals surface area (Å²) in [5.74, 6) is 0.558. The van der Waals surface area contributed by atoms with Crippen LogP contribution in [0.3, 0.4) is 0 Å². The smallest absolute Gasteiger partial charge is 0.410 e. The first kappa shape index (κ1) is 18.4. The Balaban J connectivity index is 1.73. The third-order valence-corrected chi connectivity index (χ3v) is 4.90. The van der Waals surface area contributed by atoms with Crippen molar-refractivity contribution < 1.29 is 14.3 Å². The third kappa shape index (κ3) is 4.24. The lowest BCUT2D eigenvalue weighted by Crippen LogP contribution is -2.40. The van der Waals surface area contributed by atoms with Gasteiger partial charge in [0, 0.05) is 30.5 Å². The molecule has 2 aromatic rings. The van der Waals surface area contributed by atoms with Gasteiger partial charge in [-0.3, -0.25) is 9.48 Å². The van der Waals surface area contributed by atoms with Gasteiger partial charge in [-0.05, 0) is 32.2 Å². The zero-order valence-electron chi connectivity index (χ0n) is 15.5. The minimum Gasteiger partial charge on any atom is -0.444 e. The van der Waals surface area contributed by atoms with Crippen LogP contribution in [0.1, 0.15) is 36.9 Å². The van der Waals surface area contributed by atoms with E-state index in [4.69, 9.17) is 4.74 Å². The average Bonchev–Trinajstić information content (AvgIpc) is 3.14. The van der Waals surface area contributed by atoms with Crippen LogP contribution in [0.2, 0.25) is 0 Å². The second-order valence-electron chi connectivity index (χ2n) is 7.35. The Morgan fingerprint density at radius 1 is 1.38 bits per heavy atom. The van der Waals surface area contributed by atoms with Crippen LogP contribution < -0.4 is 5.32 Å². The summed E-state index contributed by atoms with van der Waals surface area (Å²) in [6.45, 7) is 6.48. The number of nitrogens with zero attached hydrogens (tertiary/aromatic N) is 3. The highest BCUT2D eigenvalue weighted by Gasteiger charge is 2.30. The maximum absolute atomic E-state index is 12.4. The Bertz CT molecular complexity index is 805. The van der Waals surface area contributed by atoms with E-state index in [1.54, 1.807) is 28.0 Å². The van der Waals surface area contributed by atoms with E-state index in [0.717, 1.165) is 16.1 Å². The van der Waals surface area contributed by atoms with E-state index in [0.29, 0.717) is 31.7 Å². The molecule has 0 bridgehead atoms. The van der Waals surface area contributed by atoms with Gasteiger partial charge >= 0.3 is 6.09 Å². The highest BCUT2D eigenvalue weighted by Crippen LogP contribution is 2.27. The molecule has 0 saturated carbocycles. The molecule has 0 saturated heterocycles. The van der Waals surface area contributed by atoms with Crippen LogP contribution in [0.25, 0.3) is 0 Å². The second kappa shape index (κ2) is 7.11. The first-order valence-electron chi connectivity index (χ1n) is 8.58. The molecule has 140 valence electrons. The molecule has 0 fully saturated rings. The maximum atomic E-state index is 12.4. The fourth-order valence-corrected chi connectivity index (χ4v) is 3.59. The van der Waals surface area contributed by atoms with Crippen molar-refractivity contribution in [3.63, 3.8) is 0 Å². The fourth-order valence-electron chi connectivity index (χ4n) is 2.89. The van der Waals surface area contributed by atoms with Crippen molar-refractivity contribution in [3.05, 3.63) is 33.6 Å². The van der Waals surface area contributed by atoms with E-state index in [1.807, 2.05) is 38.3 Å². The summed E-state index contributed by atoms with van der Waals surface area (Å²) in [5, 5.41) is 9.40. The van der Waals surface area contributed by atoms with Crippen LogP contribution in [-0.2, 0) is 36.0 Å². The molecule has 3 heterocycles. The van der Waals surface area contributed by atoms with Crippen molar-refractivity contribution in [1.82, 2.24) is 14.7 Å². The van der Waals surface area contributed by atoms with Crippen LogP contribution in [0.15, 0.2) is 17.5 Å². The van der Waals surface area contributed by atoms with Gasteiger partial charge < -0.3 is 15.0 Å². The van der Waals surface area contributed by atoms with Crippen molar-refractivity contribution >= 4 is 29.2 Å². The van der Waals surface area contributed by atoms with Gasteiger partial charge in [0.2, 0.25) is 5.91 Å². The van der Waals surface area contributed by atoms with Gasteiger partial charge in [-0.1, -0.05) is 6.07 Å². The molecule has 7 nitrogen and oxygen atoms in total. The van der Waals surface area contributed by atoms with Crippen LogP contribution >= 0.6 is 11.3 Å². The molecule has 0 spiro atoms. The lowest BCUT2D eigenvalue weighted by Gasteiger charge is -2.29. The van der Waals surface area contributed by atoms with Crippen LogP contribution in [0.4, 0.5) is 10.6 Å². The minimum absolute atomic E-state index is 0.0901. The molecular formula is C18H24N4O3S. The predicted molar refractivity (Wildman–Crippen MR) is 100 cm³/mol. The van der Waals surface area contributed by atoms with Crippen molar-refractivity contribution in [2.45, 2.75) is 45.8 Å². The van der Waals surface area contributed by atoms with Gasteiger partial charge in [-0.2, -0.15) is 5.10 Å². The van der Waals surface area contributed by atoms with Crippen molar-refractivity contribution in [1.29, 1.82) is 0 Å². The summed E-state index contributed by atoms with van der Waals surface area (Å²) in [6.07, 6.45) is 0.624. The molecule has 26 heavy (non-hydrogen) atoms. The van der Waals surface area contributed by atoms with Crippen molar-refractivity contribution in [2.24, 2.45) is 7.05 Å². The number of aromatic nitrogens is 2. The lowest BCUT2D eigenvalue weighted by molar-refractivity contribution is -0.115. The van der Waals surface area contributed by atoms with E-state index in [-0.39, 0.29) is 12.0 Å². The van der Waals surface area contributed by atoms with E-state index in [1.165, 1.54) is 0 Å². The van der Waals surface area contributed by atoms with E-state index >= 15 is 0 Å². The second-order valence-corrected chi connectivity index (χ2v) is 8.39. The monoisotopic (exact) mass is 376 g/mol. The van der Waals surface area contributed by atoms with Gasteiger partial charge in [-0.25, -0.2) is 4.79 Å².